The molecule has 0 spiro atoms. The fourth-order valence-electron chi connectivity index (χ4n) is 5.10. The van der Waals surface area contributed by atoms with Gasteiger partial charge in [0, 0.05) is 25.0 Å². The molecule has 0 aliphatic rings. The predicted molar refractivity (Wildman–Crippen MR) is 204 cm³/mol. The smallest absolute Gasteiger partial charge is 0.462 e. The normalized spacial score (nSPS) is 10.5. The first kappa shape index (κ1) is 40.7. The van der Waals surface area contributed by atoms with Crippen LogP contribution in [0.3, 0.4) is 0 Å². The van der Waals surface area contributed by atoms with E-state index in [-0.39, 0.29) is 60.6 Å². The SMILES string of the molecule is C=CC(=O)OCCCOC(=O)Oc1ccc2cc(C(=O)Oc3ccc(OC(=O)c4ccc5cc(OC(=O)OCCCOC(=O)C=C)ccc5c4)c(C)c3)ccc2c1. The van der Waals surface area contributed by atoms with Gasteiger partial charge in [0.05, 0.1) is 37.6 Å². The van der Waals surface area contributed by atoms with Crippen molar-refractivity contribution in [3.05, 3.63) is 133 Å². The van der Waals surface area contributed by atoms with E-state index in [1.165, 1.54) is 12.1 Å². The van der Waals surface area contributed by atoms with Crippen LogP contribution in [-0.2, 0) is 28.5 Å². The molecule has 14 nitrogen and oxygen atoms in total. The van der Waals surface area contributed by atoms with Crippen LogP contribution in [-0.4, -0.2) is 62.6 Å². The van der Waals surface area contributed by atoms with E-state index in [9.17, 15) is 28.8 Å². The predicted octanol–water partition coefficient (Wildman–Crippen LogP) is 8.01. The molecule has 0 aliphatic carbocycles. The number of ether oxygens (including phenoxy) is 8. The molecule has 5 aromatic rings. The standard InChI is InChI=1S/C43H36O14/c1-4-38(44)50-18-6-20-52-42(48)55-35-14-12-28-23-32(10-8-30(28)25-35)40(46)54-34-16-17-37(27(3)22-34)57-41(47)33-11-9-31-26-36(15-13-29(31)24-33)56-43(49)53-21-7-19-51-39(45)5-2/h4-5,8-17,22-26H,1-2,6-7,18-21H2,3H3. The summed E-state index contributed by atoms with van der Waals surface area (Å²) in [7, 11) is 0. The number of hydrogen-bond donors (Lipinski definition) is 0. The van der Waals surface area contributed by atoms with Crippen LogP contribution in [0.25, 0.3) is 21.5 Å². The van der Waals surface area contributed by atoms with Gasteiger partial charge in [0.15, 0.2) is 0 Å². The topological polar surface area (TPSA) is 176 Å². The zero-order valence-electron chi connectivity index (χ0n) is 30.7. The summed E-state index contributed by atoms with van der Waals surface area (Å²) in [6, 6.07) is 24.1. The lowest BCUT2D eigenvalue weighted by molar-refractivity contribution is -0.138. The average molecular weight is 777 g/mol. The minimum absolute atomic E-state index is 0.00730. The van der Waals surface area contributed by atoms with Gasteiger partial charge in [-0.3, -0.25) is 0 Å². The molecular formula is C43H36O14. The van der Waals surface area contributed by atoms with Crippen LogP contribution in [0.5, 0.6) is 23.0 Å². The highest BCUT2D eigenvalue weighted by atomic mass is 16.7. The van der Waals surface area contributed by atoms with E-state index in [2.05, 4.69) is 13.2 Å². The fourth-order valence-corrected chi connectivity index (χ4v) is 5.10. The molecule has 0 fully saturated rings. The number of esters is 4. The van der Waals surface area contributed by atoms with Gasteiger partial charge in [-0.15, -0.1) is 0 Å². The van der Waals surface area contributed by atoms with Gasteiger partial charge in [-0.05, 0) is 101 Å². The second kappa shape index (κ2) is 19.7. The number of benzene rings is 5. The summed E-state index contributed by atoms with van der Waals surface area (Å²) in [6.45, 7) is 8.42. The molecule has 292 valence electrons. The molecule has 0 aromatic heterocycles. The third kappa shape index (κ3) is 12.0. The van der Waals surface area contributed by atoms with Gasteiger partial charge < -0.3 is 37.9 Å². The van der Waals surface area contributed by atoms with Gasteiger partial charge in [0.1, 0.15) is 23.0 Å². The van der Waals surface area contributed by atoms with E-state index < -0.39 is 36.2 Å². The van der Waals surface area contributed by atoms with Gasteiger partial charge in [-0.2, -0.15) is 0 Å². The van der Waals surface area contributed by atoms with Crippen LogP contribution >= 0.6 is 0 Å². The highest BCUT2D eigenvalue weighted by Crippen LogP contribution is 2.28. The highest BCUT2D eigenvalue weighted by Gasteiger charge is 2.16. The maximum atomic E-state index is 13.1. The quantitative estimate of drug-likeness (QED) is 0.0235. The van der Waals surface area contributed by atoms with Crippen molar-refractivity contribution in [3.8, 4) is 23.0 Å². The second-order valence-electron chi connectivity index (χ2n) is 12.0. The Morgan fingerprint density at radius 1 is 0.474 bits per heavy atom. The largest absolute Gasteiger partial charge is 0.513 e. The van der Waals surface area contributed by atoms with E-state index in [0.29, 0.717) is 39.9 Å². The minimum Gasteiger partial charge on any atom is -0.462 e. The summed E-state index contributed by atoms with van der Waals surface area (Å²) >= 11 is 0. The van der Waals surface area contributed by atoms with Gasteiger partial charge in [-0.1, -0.05) is 37.4 Å². The number of hydrogen-bond acceptors (Lipinski definition) is 14. The summed E-state index contributed by atoms with van der Waals surface area (Å²) in [6.07, 6.45) is 0.834. The van der Waals surface area contributed by atoms with Crippen molar-refractivity contribution in [2.75, 3.05) is 26.4 Å². The fraction of sp³-hybridized carbons (Fsp3) is 0.163. The third-order valence-corrected chi connectivity index (χ3v) is 7.90. The Kier molecular flexibility index (Phi) is 14.1. The van der Waals surface area contributed by atoms with Crippen molar-refractivity contribution < 1.29 is 66.7 Å². The zero-order valence-corrected chi connectivity index (χ0v) is 30.7. The van der Waals surface area contributed by atoms with E-state index in [0.717, 1.165) is 12.2 Å². The molecule has 0 saturated carbocycles. The van der Waals surface area contributed by atoms with Crippen molar-refractivity contribution >= 4 is 57.7 Å². The van der Waals surface area contributed by atoms with Crippen molar-refractivity contribution in [2.24, 2.45) is 0 Å². The molecule has 0 N–H and O–H groups in total. The van der Waals surface area contributed by atoms with Crippen molar-refractivity contribution in [1.82, 2.24) is 0 Å². The Morgan fingerprint density at radius 2 is 0.877 bits per heavy atom. The van der Waals surface area contributed by atoms with E-state index in [4.69, 9.17) is 37.9 Å². The molecule has 0 unspecified atom stereocenters. The highest BCUT2D eigenvalue weighted by molar-refractivity contribution is 5.98. The van der Waals surface area contributed by atoms with E-state index in [1.54, 1.807) is 85.8 Å². The van der Waals surface area contributed by atoms with Crippen LogP contribution in [0, 0.1) is 6.92 Å². The Hall–Kier alpha value is -7.48. The molecular weight excluding hydrogens is 740 g/mol. The maximum absolute atomic E-state index is 13.1. The van der Waals surface area contributed by atoms with Gasteiger partial charge in [-0.25, -0.2) is 28.8 Å². The summed E-state index contributed by atoms with van der Waals surface area (Å²) in [4.78, 5) is 72.3. The molecule has 0 bridgehead atoms. The Labute approximate surface area is 326 Å². The van der Waals surface area contributed by atoms with Gasteiger partial charge in [0.2, 0.25) is 0 Å². The third-order valence-electron chi connectivity index (χ3n) is 7.90. The van der Waals surface area contributed by atoms with Crippen LogP contribution in [0.15, 0.2) is 116 Å². The van der Waals surface area contributed by atoms with Crippen molar-refractivity contribution in [3.63, 3.8) is 0 Å². The van der Waals surface area contributed by atoms with Crippen LogP contribution in [0.1, 0.15) is 39.1 Å². The molecule has 0 atom stereocenters. The summed E-state index contributed by atoms with van der Waals surface area (Å²) in [5.74, 6) is -1.39. The number of carbonyl (C=O) groups is 6. The summed E-state index contributed by atoms with van der Waals surface area (Å²) in [5.41, 5.74) is 1.09. The van der Waals surface area contributed by atoms with Crippen LogP contribution in [0.4, 0.5) is 9.59 Å². The minimum atomic E-state index is -0.917. The lowest BCUT2D eigenvalue weighted by Crippen LogP contribution is -2.13. The first-order chi connectivity index (χ1) is 27.5. The number of carbonyl (C=O) groups excluding carboxylic acids is 6. The molecule has 14 heteroatoms. The number of fused-ring (bicyclic) bond motifs is 2. The van der Waals surface area contributed by atoms with E-state index in [1.807, 2.05) is 0 Å². The van der Waals surface area contributed by atoms with Crippen molar-refractivity contribution in [1.29, 1.82) is 0 Å². The molecule has 5 aromatic carbocycles. The second-order valence-corrected chi connectivity index (χ2v) is 12.0. The Balaban J connectivity index is 1.11. The Morgan fingerprint density at radius 3 is 1.35 bits per heavy atom. The molecule has 0 aliphatic heterocycles. The average Bonchev–Trinajstić information content (AvgIpc) is 3.20. The first-order valence-corrected chi connectivity index (χ1v) is 17.4. The van der Waals surface area contributed by atoms with Crippen LogP contribution < -0.4 is 18.9 Å². The van der Waals surface area contributed by atoms with Crippen molar-refractivity contribution in [2.45, 2.75) is 19.8 Å². The van der Waals surface area contributed by atoms with Gasteiger partial charge in [0.25, 0.3) is 0 Å². The Bertz CT molecular complexity index is 2340. The lowest BCUT2D eigenvalue weighted by Gasteiger charge is -2.11. The monoisotopic (exact) mass is 776 g/mol. The number of aryl methyl sites for hydroxylation is 1. The molecule has 0 heterocycles. The molecule has 0 amide bonds. The van der Waals surface area contributed by atoms with Crippen LogP contribution in [0.2, 0.25) is 0 Å². The summed E-state index contributed by atoms with van der Waals surface area (Å²) in [5, 5.41) is 2.76. The molecule has 0 saturated heterocycles. The molecule has 57 heavy (non-hydrogen) atoms. The first-order valence-electron chi connectivity index (χ1n) is 17.4. The molecule has 5 rings (SSSR count). The zero-order chi connectivity index (χ0) is 40.7. The molecule has 0 radical (unpaired) electrons. The van der Waals surface area contributed by atoms with E-state index >= 15 is 0 Å². The summed E-state index contributed by atoms with van der Waals surface area (Å²) < 4.78 is 41.3. The van der Waals surface area contributed by atoms with Gasteiger partial charge >= 0.3 is 36.2 Å². The maximum Gasteiger partial charge on any atom is 0.513 e. The number of rotatable bonds is 16. The lowest BCUT2D eigenvalue weighted by atomic mass is 10.1.